The van der Waals surface area contributed by atoms with Crippen molar-refractivity contribution in [3.05, 3.63) is 53.6 Å². The van der Waals surface area contributed by atoms with E-state index in [0.717, 1.165) is 47.8 Å². The molecule has 5 atom stereocenters. The fourth-order valence-electron chi connectivity index (χ4n) is 6.82. The van der Waals surface area contributed by atoms with Crippen LogP contribution < -0.4 is 20.1 Å². The zero-order valence-corrected chi connectivity index (χ0v) is 28.6. The Morgan fingerprint density at radius 3 is 2.57 bits per heavy atom. The van der Waals surface area contributed by atoms with Gasteiger partial charge in [-0.1, -0.05) is 32.0 Å². The summed E-state index contributed by atoms with van der Waals surface area (Å²) in [7, 11) is 4.96. The van der Waals surface area contributed by atoms with Gasteiger partial charge in [0.05, 0.1) is 50.3 Å². The molecule has 1 fully saturated rings. The van der Waals surface area contributed by atoms with Crippen molar-refractivity contribution >= 4 is 11.6 Å². The number of benzene rings is 2. The first-order valence-electron chi connectivity index (χ1n) is 16.6. The number of hydrogen-bond acceptors (Lipinski definition) is 9. The number of likely N-dealkylation sites (tertiary alicyclic amines) is 1. The number of ether oxygens (including phenoxy) is 5. The predicted molar refractivity (Wildman–Crippen MR) is 180 cm³/mol. The first-order chi connectivity index (χ1) is 22.0. The Morgan fingerprint density at radius 1 is 1.13 bits per heavy atom. The highest BCUT2D eigenvalue weighted by Crippen LogP contribution is 2.39. The Bertz CT molecular complexity index is 1240. The minimum absolute atomic E-state index is 0.0221. The molecule has 0 saturated carbocycles. The summed E-state index contributed by atoms with van der Waals surface area (Å²) in [6, 6.07) is 13.4. The second kappa shape index (κ2) is 16.8. The summed E-state index contributed by atoms with van der Waals surface area (Å²) in [5.41, 5.74) is 8.58. The van der Waals surface area contributed by atoms with Crippen LogP contribution in [0.25, 0.3) is 0 Å². The maximum absolute atomic E-state index is 13.9. The third-order valence-electron chi connectivity index (χ3n) is 9.02. The molecule has 10 nitrogen and oxygen atoms in total. The summed E-state index contributed by atoms with van der Waals surface area (Å²) in [5.74, 6) is 1.81. The van der Waals surface area contributed by atoms with Crippen molar-refractivity contribution in [2.45, 2.75) is 82.8 Å². The van der Waals surface area contributed by atoms with E-state index in [2.05, 4.69) is 43.0 Å². The number of hydrogen-bond donors (Lipinski definition) is 2. The quantitative estimate of drug-likeness (QED) is 0.258. The van der Waals surface area contributed by atoms with E-state index in [-0.39, 0.29) is 36.5 Å². The zero-order chi connectivity index (χ0) is 33.3. The standard InChI is InChI=1S/C36H55N3O7/c1-25(2)18-31(37)35(40)39-22-34(46-23-26-8-13-33-32(19-26)38(15-17-45-33)14-7-16-42-4)30(27-9-11-29(44-6)12-10-27)20-28(39)21-36(3,41)24-43-5/h8-13,19,25,28,30-31,34,41H,7,14-18,20-24,37H2,1-6H3/t28-,30-,31?,34+,36+/m1/s1. The number of fused-ring (bicyclic) bond motifs is 1. The van der Waals surface area contributed by atoms with Crippen LogP contribution in [-0.2, 0) is 25.6 Å². The fraction of sp³-hybridized carbons (Fsp3) is 0.639. The molecule has 2 aliphatic rings. The predicted octanol–water partition coefficient (Wildman–Crippen LogP) is 4.36. The molecule has 2 aliphatic heterocycles. The Morgan fingerprint density at radius 2 is 1.89 bits per heavy atom. The van der Waals surface area contributed by atoms with Crippen LogP contribution in [-0.4, -0.2) is 100 Å². The monoisotopic (exact) mass is 641 g/mol. The number of amides is 1. The van der Waals surface area contributed by atoms with Crippen molar-refractivity contribution in [2.24, 2.45) is 11.7 Å². The highest BCUT2D eigenvalue weighted by Gasteiger charge is 2.43. The van der Waals surface area contributed by atoms with Crippen LogP contribution in [0.1, 0.15) is 63.5 Å². The van der Waals surface area contributed by atoms with Crippen LogP contribution >= 0.6 is 0 Å². The van der Waals surface area contributed by atoms with E-state index in [4.69, 9.17) is 29.4 Å². The van der Waals surface area contributed by atoms with Crippen LogP contribution in [0.4, 0.5) is 5.69 Å². The van der Waals surface area contributed by atoms with Gasteiger partial charge in [0.1, 0.15) is 18.1 Å². The maximum Gasteiger partial charge on any atom is 0.239 e. The third-order valence-corrected chi connectivity index (χ3v) is 9.02. The summed E-state index contributed by atoms with van der Waals surface area (Å²) in [4.78, 5) is 18.1. The van der Waals surface area contributed by atoms with E-state index < -0.39 is 11.6 Å². The number of carbonyl (C=O) groups is 1. The van der Waals surface area contributed by atoms with Crippen LogP contribution in [0.3, 0.4) is 0 Å². The summed E-state index contributed by atoms with van der Waals surface area (Å²) < 4.78 is 28.7. The van der Waals surface area contributed by atoms with E-state index in [9.17, 15) is 9.90 Å². The molecule has 2 aromatic carbocycles. The second-order valence-corrected chi connectivity index (χ2v) is 13.5. The topological polar surface area (TPSA) is 116 Å². The molecular formula is C36H55N3O7. The molecule has 0 radical (unpaired) electrons. The van der Waals surface area contributed by atoms with Crippen LogP contribution in [0, 0.1) is 5.92 Å². The SMILES string of the molecule is COCCCN1CCOc2ccc(CO[C@H]3CN(C(=O)C(N)CC(C)C)[C@@H](C[C@](C)(O)COC)C[C@@H]3c3ccc(OC)cc3)cc21. The Balaban J connectivity index is 1.62. The van der Waals surface area contributed by atoms with Crippen molar-refractivity contribution in [2.75, 3.05) is 65.7 Å². The van der Waals surface area contributed by atoms with Gasteiger partial charge in [0.25, 0.3) is 0 Å². The number of nitrogens with zero attached hydrogens (tertiary/aromatic N) is 2. The van der Waals surface area contributed by atoms with Crippen molar-refractivity contribution < 1.29 is 33.6 Å². The highest BCUT2D eigenvalue weighted by molar-refractivity contribution is 5.82. The first-order valence-corrected chi connectivity index (χ1v) is 16.6. The average molecular weight is 642 g/mol. The first kappa shape index (κ1) is 36.0. The molecule has 4 rings (SSSR count). The molecule has 3 N–H and O–H groups in total. The number of carbonyl (C=O) groups excluding carboxylic acids is 1. The largest absolute Gasteiger partial charge is 0.497 e. The van der Waals surface area contributed by atoms with Gasteiger partial charge in [-0.3, -0.25) is 4.79 Å². The van der Waals surface area contributed by atoms with Crippen molar-refractivity contribution in [3.8, 4) is 11.5 Å². The number of piperidine rings is 1. The van der Waals surface area contributed by atoms with Gasteiger partial charge >= 0.3 is 0 Å². The minimum atomic E-state index is -1.11. The zero-order valence-electron chi connectivity index (χ0n) is 28.6. The van der Waals surface area contributed by atoms with Gasteiger partial charge in [0.15, 0.2) is 0 Å². The van der Waals surface area contributed by atoms with Gasteiger partial charge in [-0.25, -0.2) is 0 Å². The highest BCUT2D eigenvalue weighted by atomic mass is 16.5. The van der Waals surface area contributed by atoms with Gasteiger partial charge in [-0.15, -0.1) is 0 Å². The van der Waals surface area contributed by atoms with Crippen molar-refractivity contribution in [1.29, 1.82) is 0 Å². The van der Waals surface area contributed by atoms with Gasteiger partial charge in [-0.05, 0) is 73.9 Å². The lowest BCUT2D eigenvalue weighted by Gasteiger charge is -2.47. The Hall–Kier alpha value is -2.89. The lowest BCUT2D eigenvalue weighted by Crippen LogP contribution is -2.58. The third kappa shape index (κ3) is 9.58. The Kier molecular flexibility index (Phi) is 13.1. The molecule has 10 heteroatoms. The molecule has 256 valence electrons. The van der Waals surface area contributed by atoms with Crippen molar-refractivity contribution in [1.82, 2.24) is 4.90 Å². The van der Waals surface area contributed by atoms with E-state index >= 15 is 0 Å². The average Bonchev–Trinajstić information content (AvgIpc) is 3.03. The van der Waals surface area contributed by atoms with Crippen LogP contribution in [0.5, 0.6) is 11.5 Å². The molecular weight excluding hydrogens is 586 g/mol. The molecule has 0 bridgehead atoms. The van der Waals surface area contributed by atoms with Crippen LogP contribution in [0.15, 0.2) is 42.5 Å². The van der Waals surface area contributed by atoms with Gasteiger partial charge in [0.2, 0.25) is 5.91 Å². The molecule has 46 heavy (non-hydrogen) atoms. The molecule has 1 amide bonds. The summed E-state index contributed by atoms with van der Waals surface area (Å²) in [6.45, 7) is 9.89. The fourth-order valence-corrected chi connectivity index (χ4v) is 6.82. The molecule has 0 aliphatic carbocycles. The number of rotatable bonds is 16. The molecule has 1 saturated heterocycles. The second-order valence-electron chi connectivity index (χ2n) is 13.5. The molecule has 0 aromatic heterocycles. The summed E-state index contributed by atoms with van der Waals surface area (Å²) in [5, 5.41) is 11.2. The van der Waals surface area contributed by atoms with Gasteiger partial charge in [-0.2, -0.15) is 0 Å². The van der Waals surface area contributed by atoms with Crippen LogP contribution in [0.2, 0.25) is 0 Å². The number of nitrogens with two attached hydrogens (primary N) is 1. The molecule has 0 spiro atoms. The van der Waals surface area contributed by atoms with Gasteiger partial charge in [0, 0.05) is 45.9 Å². The van der Waals surface area contributed by atoms with E-state index in [1.807, 2.05) is 23.1 Å². The summed E-state index contributed by atoms with van der Waals surface area (Å²) in [6.07, 6.45) is 2.20. The van der Waals surface area contributed by atoms with E-state index in [0.29, 0.717) is 45.6 Å². The maximum atomic E-state index is 13.9. The number of aliphatic hydroxyl groups is 1. The normalized spacial score (nSPS) is 21.8. The minimum Gasteiger partial charge on any atom is -0.497 e. The number of methoxy groups -OCH3 is 3. The molecule has 2 heterocycles. The summed E-state index contributed by atoms with van der Waals surface area (Å²) >= 11 is 0. The van der Waals surface area contributed by atoms with Gasteiger partial charge < -0.3 is 44.3 Å². The lowest BCUT2D eigenvalue weighted by molar-refractivity contribution is -0.145. The molecule has 2 aromatic rings. The smallest absolute Gasteiger partial charge is 0.239 e. The van der Waals surface area contributed by atoms with Crippen molar-refractivity contribution in [3.63, 3.8) is 0 Å². The lowest BCUT2D eigenvalue weighted by atomic mass is 9.79. The number of anilines is 1. The molecule has 1 unspecified atom stereocenters. The Labute approximate surface area is 275 Å². The van der Waals surface area contributed by atoms with E-state index in [1.165, 1.54) is 0 Å². The van der Waals surface area contributed by atoms with E-state index in [1.54, 1.807) is 28.3 Å².